The molecule has 0 aliphatic rings. The van der Waals surface area contributed by atoms with Crippen molar-refractivity contribution in [2.75, 3.05) is 31.9 Å². The molecule has 1 aromatic rings. The molecule has 0 unspecified atom stereocenters. The van der Waals surface area contributed by atoms with E-state index in [1.807, 2.05) is 18.8 Å². The number of hydrogen-bond donors (Lipinski definition) is 2. The van der Waals surface area contributed by atoms with E-state index in [-0.39, 0.29) is 0 Å². The summed E-state index contributed by atoms with van der Waals surface area (Å²) in [5.74, 6) is 2.11. The summed E-state index contributed by atoms with van der Waals surface area (Å²) in [6, 6.07) is 8.62. The second-order valence-electron chi connectivity index (χ2n) is 4.40. The van der Waals surface area contributed by atoms with Crippen LogP contribution < -0.4 is 10.6 Å². The molecule has 112 valence electrons. The van der Waals surface area contributed by atoms with Crippen LogP contribution in [0.3, 0.4) is 0 Å². The maximum atomic E-state index is 4.24. The first-order valence-corrected chi connectivity index (χ1v) is 9.48. The van der Waals surface area contributed by atoms with Crippen LogP contribution in [0.15, 0.2) is 34.2 Å². The molecule has 0 bridgehead atoms. The second kappa shape index (κ2) is 10.9. The lowest BCUT2D eigenvalue weighted by Crippen LogP contribution is -2.37. The molecule has 0 aliphatic heterocycles. The van der Waals surface area contributed by atoms with Crippen molar-refractivity contribution in [2.45, 2.75) is 24.3 Å². The highest BCUT2D eigenvalue weighted by molar-refractivity contribution is 7.98. The average molecular weight is 312 g/mol. The van der Waals surface area contributed by atoms with Crippen LogP contribution in [0.5, 0.6) is 0 Å². The number of aliphatic imine (C=N–C) groups is 1. The van der Waals surface area contributed by atoms with Crippen LogP contribution >= 0.6 is 23.5 Å². The number of rotatable bonds is 8. The van der Waals surface area contributed by atoms with Crippen molar-refractivity contribution in [1.82, 2.24) is 10.6 Å². The van der Waals surface area contributed by atoms with Crippen LogP contribution in [-0.2, 0) is 6.54 Å². The molecule has 1 rings (SSSR count). The number of guanidine groups is 1. The zero-order valence-corrected chi connectivity index (χ0v) is 14.2. The summed E-state index contributed by atoms with van der Waals surface area (Å²) in [7, 11) is 1.81. The predicted molar refractivity (Wildman–Crippen MR) is 94.0 cm³/mol. The van der Waals surface area contributed by atoms with Crippen LogP contribution in [0.4, 0.5) is 0 Å². The van der Waals surface area contributed by atoms with Crippen molar-refractivity contribution in [2.24, 2.45) is 4.99 Å². The number of nitrogens with one attached hydrogen (secondary N) is 2. The summed E-state index contributed by atoms with van der Waals surface area (Å²) < 4.78 is 0. The van der Waals surface area contributed by atoms with E-state index in [9.17, 15) is 0 Å². The lowest BCUT2D eigenvalue weighted by molar-refractivity contribution is 0.733. The smallest absolute Gasteiger partial charge is 0.191 e. The molecule has 2 N–H and O–H groups in total. The predicted octanol–water partition coefficient (Wildman–Crippen LogP) is 3.22. The number of unbranched alkanes of at least 4 members (excludes halogenated alkanes) is 1. The number of hydrogen-bond acceptors (Lipinski definition) is 3. The van der Waals surface area contributed by atoms with E-state index in [1.165, 1.54) is 29.1 Å². The van der Waals surface area contributed by atoms with Gasteiger partial charge in [-0.15, -0.1) is 11.8 Å². The first kappa shape index (κ1) is 17.2. The topological polar surface area (TPSA) is 36.4 Å². The summed E-state index contributed by atoms with van der Waals surface area (Å²) in [6.07, 6.45) is 6.68. The molecular formula is C15H25N3S2. The van der Waals surface area contributed by atoms with E-state index in [1.54, 1.807) is 11.8 Å². The van der Waals surface area contributed by atoms with Crippen molar-refractivity contribution < 1.29 is 0 Å². The third-order valence-corrected chi connectivity index (χ3v) is 4.35. The summed E-state index contributed by atoms with van der Waals surface area (Å²) in [5.41, 5.74) is 1.27. The Morgan fingerprint density at radius 2 is 1.85 bits per heavy atom. The maximum Gasteiger partial charge on any atom is 0.191 e. The van der Waals surface area contributed by atoms with Gasteiger partial charge in [-0.2, -0.15) is 11.8 Å². The highest BCUT2D eigenvalue weighted by Crippen LogP contribution is 2.14. The van der Waals surface area contributed by atoms with E-state index in [0.29, 0.717) is 0 Å². The molecule has 0 fully saturated rings. The largest absolute Gasteiger partial charge is 0.356 e. The number of nitrogens with zero attached hydrogens (tertiary/aromatic N) is 1. The van der Waals surface area contributed by atoms with Crippen molar-refractivity contribution in [3.05, 3.63) is 29.8 Å². The first-order chi connectivity index (χ1) is 9.80. The Morgan fingerprint density at radius 3 is 2.45 bits per heavy atom. The highest BCUT2D eigenvalue weighted by atomic mass is 32.2. The Balaban J connectivity index is 2.26. The van der Waals surface area contributed by atoms with Crippen LogP contribution in [-0.4, -0.2) is 37.8 Å². The molecular weight excluding hydrogens is 286 g/mol. The first-order valence-electron chi connectivity index (χ1n) is 6.86. The van der Waals surface area contributed by atoms with Crippen molar-refractivity contribution in [3.8, 4) is 0 Å². The van der Waals surface area contributed by atoms with E-state index >= 15 is 0 Å². The van der Waals surface area contributed by atoms with Gasteiger partial charge in [0.15, 0.2) is 5.96 Å². The average Bonchev–Trinajstić information content (AvgIpc) is 2.50. The Hall–Kier alpha value is -0.810. The number of benzene rings is 1. The molecule has 0 spiro atoms. The molecule has 0 saturated carbocycles. The fourth-order valence-electron chi connectivity index (χ4n) is 1.73. The molecule has 0 aliphatic carbocycles. The molecule has 3 nitrogen and oxygen atoms in total. The van der Waals surface area contributed by atoms with E-state index in [4.69, 9.17) is 0 Å². The molecule has 0 saturated heterocycles. The molecule has 0 aromatic heterocycles. The van der Waals surface area contributed by atoms with E-state index in [2.05, 4.69) is 52.4 Å². The van der Waals surface area contributed by atoms with Crippen LogP contribution in [0.2, 0.25) is 0 Å². The second-order valence-corrected chi connectivity index (χ2v) is 6.27. The van der Waals surface area contributed by atoms with Crippen molar-refractivity contribution in [3.63, 3.8) is 0 Å². The van der Waals surface area contributed by atoms with Crippen molar-refractivity contribution in [1.29, 1.82) is 0 Å². The lowest BCUT2D eigenvalue weighted by atomic mass is 10.2. The summed E-state index contributed by atoms with van der Waals surface area (Å²) in [4.78, 5) is 5.54. The van der Waals surface area contributed by atoms with Crippen LogP contribution in [0.1, 0.15) is 18.4 Å². The molecule has 20 heavy (non-hydrogen) atoms. The Kier molecular flexibility index (Phi) is 9.41. The standard InChI is InChI=1S/C15H25N3S2/c1-16-15(17-10-4-5-11-19-2)18-12-13-6-8-14(20-3)9-7-13/h6-9H,4-5,10-12H2,1-3H3,(H2,16,17,18). The number of thioether (sulfide) groups is 2. The minimum atomic E-state index is 0.805. The molecule has 0 atom stereocenters. The van der Waals surface area contributed by atoms with Gasteiger partial charge in [0.05, 0.1) is 0 Å². The van der Waals surface area contributed by atoms with Gasteiger partial charge in [-0.3, -0.25) is 4.99 Å². The molecule has 5 heteroatoms. The third kappa shape index (κ3) is 7.10. The third-order valence-electron chi connectivity index (χ3n) is 2.91. The Labute approximate surface area is 131 Å². The maximum absolute atomic E-state index is 4.24. The summed E-state index contributed by atoms with van der Waals surface area (Å²) in [6.45, 7) is 1.78. The van der Waals surface area contributed by atoms with Gasteiger partial charge < -0.3 is 10.6 Å². The summed E-state index contributed by atoms with van der Waals surface area (Å²) >= 11 is 3.67. The van der Waals surface area contributed by atoms with Crippen LogP contribution in [0, 0.1) is 0 Å². The Morgan fingerprint density at radius 1 is 1.10 bits per heavy atom. The normalized spacial score (nSPS) is 11.4. The van der Waals surface area contributed by atoms with Gasteiger partial charge in [-0.25, -0.2) is 0 Å². The molecule has 0 radical (unpaired) electrons. The Bertz CT molecular complexity index is 391. The minimum Gasteiger partial charge on any atom is -0.356 e. The SMILES string of the molecule is CN=C(NCCCCSC)NCc1ccc(SC)cc1. The highest BCUT2D eigenvalue weighted by Gasteiger charge is 1.98. The minimum absolute atomic E-state index is 0.805. The van der Waals surface area contributed by atoms with E-state index in [0.717, 1.165) is 19.0 Å². The quantitative estimate of drug-likeness (QED) is 0.334. The zero-order valence-electron chi connectivity index (χ0n) is 12.6. The van der Waals surface area contributed by atoms with Gasteiger partial charge >= 0.3 is 0 Å². The molecule has 1 aromatic carbocycles. The van der Waals surface area contributed by atoms with Gasteiger partial charge in [0, 0.05) is 25.0 Å². The van der Waals surface area contributed by atoms with Gasteiger partial charge in [0.2, 0.25) is 0 Å². The van der Waals surface area contributed by atoms with Gasteiger partial charge in [0.25, 0.3) is 0 Å². The van der Waals surface area contributed by atoms with Gasteiger partial charge in [-0.1, -0.05) is 12.1 Å². The summed E-state index contributed by atoms with van der Waals surface area (Å²) in [5, 5.41) is 6.69. The lowest BCUT2D eigenvalue weighted by Gasteiger charge is -2.12. The van der Waals surface area contributed by atoms with E-state index < -0.39 is 0 Å². The fourth-order valence-corrected chi connectivity index (χ4v) is 2.63. The monoisotopic (exact) mass is 311 g/mol. The zero-order chi connectivity index (χ0) is 14.6. The van der Waals surface area contributed by atoms with Crippen molar-refractivity contribution >= 4 is 29.5 Å². The molecule has 0 amide bonds. The van der Waals surface area contributed by atoms with Crippen LogP contribution in [0.25, 0.3) is 0 Å². The fraction of sp³-hybridized carbons (Fsp3) is 0.533. The van der Waals surface area contributed by atoms with Gasteiger partial charge in [0.1, 0.15) is 0 Å². The molecule has 0 heterocycles. The van der Waals surface area contributed by atoms with Gasteiger partial charge in [-0.05, 0) is 48.8 Å².